The van der Waals surface area contributed by atoms with Gasteiger partial charge in [0.2, 0.25) is 0 Å². The molecule has 4 aliphatic rings. The Bertz CT molecular complexity index is 667. The lowest BCUT2D eigenvalue weighted by atomic mass is 9.47. The standard InChI is InChI=1S/C23H34O4/c1-22-10-8-15(24)12-14(22)4-5-16-17-6-7-19(20(25)13-21(26)27-3)23(17,2)11-9-18(16)22/h4,15-19,24H,5-13H2,1-3H3. The monoisotopic (exact) mass is 374 g/mol. The molecule has 0 aromatic carbocycles. The van der Waals surface area contributed by atoms with Crippen LogP contribution in [0.15, 0.2) is 11.6 Å². The Morgan fingerprint density at radius 2 is 1.93 bits per heavy atom. The maximum absolute atomic E-state index is 12.8. The number of aliphatic hydroxyl groups excluding tert-OH is 1. The van der Waals surface area contributed by atoms with Crippen LogP contribution < -0.4 is 0 Å². The summed E-state index contributed by atoms with van der Waals surface area (Å²) in [5, 5.41) is 10.1. The van der Waals surface area contributed by atoms with Gasteiger partial charge in [0, 0.05) is 5.92 Å². The predicted molar refractivity (Wildman–Crippen MR) is 103 cm³/mol. The summed E-state index contributed by atoms with van der Waals surface area (Å²) in [7, 11) is 1.35. The average Bonchev–Trinajstić information content (AvgIpc) is 2.99. The second-order valence-corrected chi connectivity index (χ2v) is 10.0. The third-order valence-corrected chi connectivity index (χ3v) is 9.01. The molecular weight excluding hydrogens is 340 g/mol. The van der Waals surface area contributed by atoms with Crippen LogP contribution in [0.2, 0.25) is 0 Å². The van der Waals surface area contributed by atoms with Crippen LogP contribution in [0.1, 0.15) is 71.6 Å². The van der Waals surface area contributed by atoms with E-state index in [0.717, 1.165) is 44.9 Å². The first-order valence-corrected chi connectivity index (χ1v) is 10.8. The molecule has 4 rings (SSSR count). The molecule has 0 aliphatic heterocycles. The Labute approximate surface area is 162 Å². The smallest absolute Gasteiger partial charge is 0.313 e. The first kappa shape index (κ1) is 19.2. The molecule has 0 saturated heterocycles. The maximum Gasteiger partial charge on any atom is 0.313 e. The van der Waals surface area contributed by atoms with E-state index in [9.17, 15) is 14.7 Å². The molecule has 4 aliphatic carbocycles. The largest absolute Gasteiger partial charge is 0.469 e. The summed E-state index contributed by atoms with van der Waals surface area (Å²) in [6, 6.07) is 0. The van der Waals surface area contributed by atoms with Crippen LogP contribution in [-0.4, -0.2) is 30.1 Å². The fourth-order valence-electron chi connectivity index (χ4n) is 7.51. The van der Waals surface area contributed by atoms with Crippen molar-refractivity contribution < 1.29 is 19.4 Å². The van der Waals surface area contributed by atoms with Gasteiger partial charge in [0.05, 0.1) is 13.2 Å². The number of hydrogen-bond donors (Lipinski definition) is 1. The molecular formula is C23H34O4. The highest BCUT2D eigenvalue weighted by atomic mass is 16.5. The molecule has 3 fully saturated rings. The van der Waals surface area contributed by atoms with Gasteiger partial charge in [-0.25, -0.2) is 0 Å². The lowest BCUT2D eigenvalue weighted by molar-refractivity contribution is -0.145. The second kappa shape index (κ2) is 6.72. The Kier molecular flexibility index (Phi) is 4.77. The van der Waals surface area contributed by atoms with E-state index in [0.29, 0.717) is 17.8 Å². The summed E-state index contributed by atoms with van der Waals surface area (Å²) in [6.07, 6.45) is 10.4. The molecule has 27 heavy (non-hydrogen) atoms. The Balaban J connectivity index is 1.57. The Morgan fingerprint density at radius 3 is 2.67 bits per heavy atom. The molecule has 4 nitrogen and oxygen atoms in total. The van der Waals surface area contributed by atoms with Crippen LogP contribution in [0.5, 0.6) is 0 Å². The number of allylic oxidation sites excluding steroid dienone is 1. The van der Waals surface area contributed by atoms with Crippen molar-refractivity contribution >= 4 is 11.8 Å². The average molecular weight is 375 g/mol. The molecule has 0 amide bonds. The number of methoxy groups -OCH3 is 1. The third kappa shape index (κ3) is 2.90. The van der Waals surface area contributed by atoms with Gasteiger partial charge in [0.1, 0.15) is 12.2 Å². The van der Waals surface area contributed by atoms with Gasteiger partial charge in [-0.3, -0.25) is 9.59 Å². The first-order chi connectivity index (χ1) is 12.8. The number of carbonyl (C=O) groups excluding carboxylic acids is 2. The minimum atomic E-state index is -0.403. The number of aliphatic hydroxyl groups is 1. The lowest BCUT2D eigenvalue weighted by Crippen LogP contribution is -2.51. The number of carbonyl (C=O) groups is 2. The van der Waals surface area contributed by atoms with Crippen molar-refractivity contribution in [3.8, 4) is 0 Å². The van der Waals surface area contributed by atoms with Crippen molar-refractivity contribution in [3.63, 3.8) is 0 Å². The lowest BCUT2D eigenvalue weighted by Gasteiger charge is -2.57. The number of esters is 1. The number of ketones is 1. The highest BCUT2D eigenvalue weighted by Gasteiger charge is 2.59. The molecule has 0 aromatic rings. The molecule has 4 heteroatoms. The Hall–Kier alpha value is -1.16. The molecule has 0 radical (unpaired) electrons. The van der Waals surface area contributed by atoms with E-state index in [4.69, 9.17) is 4.74 Å². The quantitative estimate of drug-likeness (QED) is 0.460. The fourth-order valence-corrected chi connectivity index (χ4v) is 7.51. The zero-order chi connectivity index (χ0) is 19.4. The van der Waals surface area contributed by atoms with E-state index in [2.05, 4.69) is 19.9 Å². The number of rotatable bonds is 3. The topological polar surface area (TPSA) is 63.6 Å². The minimum absolute atomic E-state index is 0.00825. The molecule has 3 saturated carbocycles. The molecule has 0 heterocycles. The van der Waals surface area contributed by atoms with Gasteiger partial charge >= 0.3 is 5.97 Å². The molecule has 150 valence electrons. The van der Waals surface area contributed by atoms with Crippen LogP contribution in [0.3, 0.4) is 0 Å². The van der Waals surface area contributed by atoms with Crippen molar-refractivity contribution in [1.82, 2.24) is 0 Å². The van der Waals surface area contributed by atoms with Crippen molar-refractivity contribution in [3.05, 3.63) is 11.6 Å². The van der Waals surface area contributed by atoms with Gasteiger partial charge in [-0.1, -0.05) is 25.5 Å². The van der Waals surface area contributed by atoms with Crippen LogP contribution in [-0.2, 0) is 14.3 Å². The summed E-state index contributed by atoms with van der Waals surface area (Å²) < 4.78 is 4.73. The number of ether oxygens (including phenoxy) is 1. The number of hydrogen-bond acceptors (Lipinski definition) is 4. The number of fused-ring (bicyclic) bond motifs is 5. The van der Waals surface area contributed by atoms with Crippen molar-refractivity contribution in [2.75, 3.05) is 7.11 Å². The van der Waals surface area contributed by atoms with E-state index in [-0.39, 0.29) is 35.1 Å². The summed E-state index contributed by atoms with van der Waals surface area (Å²) in [5.74, 6) is 1.59. The normalized spacial score (nSPS) is 45.9. The van der Waals surface area contributed by atoms with Gasteiger partial charge in [0.25, 0.3) is 0 Å². The highest BCUT2D eigenvalue weighted by molar-refractivity contribution is 5.97. The van der Waals surface area contributed by atoms with Crippen LogP contribution in [0.4, 0.5) is 0 Å². The van der Waals surface area contributed by atoms with Gasteiger partial charge in [0.15, 0.2) is 0 Å². The third-order valence-electron chi connectivity index (χ3n) is 9.01. The summed E-state index contributed by atoms with van der Waals surface area (Å²) in [4.78, 5) is 24.4. The number of Topliss-reactive ketones (excluding diaryl/α,β-unsaturated/α-hetero) is 1. The van der Waals surface area contributed by atoms with Gasteiger partial charge in [-0.15, -0.1) is 0 Å². The van der Waals surface area contributed by atoms with Gasteiger partial charge in [-0.05, 0) is 80.0 Å². The van der Waals surface area contributed by atoms with Crippen molar-refractivity contribution in [2.24, 2.45) is 34.5 Å². The highest BCUT2D eigenvalue weighted by Crippen LogP contribution is 2.66. The summed E-state index contributed by atoms with van der Waals surface area (Å²) in [6.45, 7) is 4.74. The molecule has 1 N–H and O–H groups in total. The molecule has 7 unspecified atom stereocenters. The van der Waals surface area contributed by atoms with E-state index < -0.39 is 5.97 Å². The van der Waals surface area contributed by atoms with E-state index >= 15 is 0 Å². The molecule has 0 spiro atoms. The second-order valence-electron chi connectivity index (χ2n) is 10.0. The molecule has 7 atom stereocenters. The zero-order valence-electron chi connectivity index (χ0n) is 17.0. The van der Waals surface area contributed by atoms with Crippen LogP contribution in [0.25, 0.3) is 0 Å². The van der Waals surface area contributed by atoms with Crippen LogP contribution in [0, 0.1) is 34.5 Å². The van der Waals surface area contributed by atoms with E-state index in [1.54, 1.807) is 0 Å². The maximum atomic E-state index is 12.8. The van der Waals surface area contributed by atoms with Crippen LogP contribution >= 0.6 is 0 Å². The van der Waals surface area contributed by atoms with Crippen molar-refractivity contribution in [2.45, 2.75) is 77.7 Å². The summed E-state index contributed by atoms with van der Waals surface area (Å²) >= 11 is 0. The van der Waals surface area contributed by atoms with E-state index in [1.807, 2.05) is 0 Å². The minimum Gasteiger partial charge on any atom is -0.469 e. The fraction of sp³-hybridized carbons (Fsp3) is 0.826. The predicted octanol–water partition coefficient (Wildman–Crippen LogP) is 4.06. The zero-order valence-corrected chi connectivity index (χ0v) is 17.0. The van der Waals surface area contributed by atoms with E-state index in [1.165, 1.54) is 19.1 Å². The first-order valence-electron chi connectivity index (χ1n) is 10.8. The molecule has 0 bridgehead atoms. The van der Waals surface area contributed by atoms with Crippen molar-refractivity contribution in [1.29, 1.82) is 0 Å². The SMILES string of the molecule is COC(=O)CC(=O)C1CCC2C3CC=C4CC(O)CCC4(C)C3CCC12C. The molecule has 0 aromatic heterocycles. The Morgan fingerprint density at radius 1 is 1.15 bits per heavy atom. The van der Waals surface area contributed by atoms with Gasteiger partial charge < -0.3 is 9.84 Å². The van der Waals surface area contributed by atoms with Gasteiger partial charge in [-0.2, -0.15) is 0 Å². The summed E-state index contributed by atoms with van der Waals surface area (Å²) in [5.41, 5.74) is 1.75.